The number of hydrogen-bond acceptors (Lipinski definition) is 2. The zero-order chi connectivity index (χ0) is 36.9. The molecule has 9 rings (SSSR count). The molecule has 0 amide bonds. The third-order valence-corrected chi connectivity index (χ3v) is 9.73. The Morgan fingerprint density at radius 2 is 0.655 bits per heavy atom. The summed E-state index contributed by atoms with van der Waals surface area (Å²) in [6, 6.07) is 67.3. The monoisotopic (exact) mass is 751 g/mol. The molecule has 5 nitrogen and oxygen atoms in total. The molecular weight excluding hydrogens is 711 g/mol. The Balaban J connectivity index is 0.000000337. The molecule has 5 aromatic heterocycles. The maximum absolute atomic E-state index is 4.97. The summed E-state index contributed by atoms with van der Waals surface area (Å²) < 4.78 is 2.38. The SMILES string of the molecule is Cn1c(C(c2ccccc2)(c2ccccc2)c2ccc[n-]2)ccc1C(c1ccccc1)(c1ccccc1)c1ccc[n-]1.[Cr+2].c1ccncc1.c1ccncc1. The van der Waals surface area contributed by atoms with Crippen molar-refractivity contribution in [1.29, 1.82) is 0 Å². The Kier molecular flexibility index (Phi) is 12.9. The summed E-state index contributed by atoms with van der Waals surface area (Å²) in [5.74, 6) is 0. The molecule has 0 saturated heterocycles. The number of benzene rings is 4. The minimum atomic E-state index is -0.641. The van der Waals surface area contributed by atoms with E-state index in [1.54, 1.807) is 24.8 Å². The van der Waals surface area contributed by atoms with Gasteiger partial charge in [-0.3, -0.25) is 9.97 Å². The van der Waals surface area contributed by atoms with E-state index < -0.39 is 10.8 Å². The van der Waals surface area contributed by atoms with Gasteiger partial charge in [0.25, 0.3) is 0 Å². The van der Waals surface area contributed by atoms with Crippen LogP contribution in [0.1, 0.15) is 45.0 Å². The second-order valence-corrected chi connectivity index (χ2v) is 12.7. The van der Waals surface area contributed by atoms with Crippen LogP contribution in [0.3, 0.4) is 0 Å². The van der Waals surface area contributed by atoms with E-state index in [0.29, 0.717) is 0 Å². The minimum Gasteiger partial charge on any atom is -0.666 e. The molecule has 0 radical (unpaired) electrons. The molecule has 55 heavy (non-hydrogen) atoms. The van der Waals surface area contributed by atoms with E-state index in [4.69, 9.17) is 9.97 Å². The molecule has 9 aromatic rings. The molecule has 4 aromatic carbocycles. The van der Waals surface area contributed by atoms with Gasteiger partial charge in [0, 0.05) is 43.2 Å². The van der Waals surface area contributed by atoms with Crippen LogP contribution in [0.4, 0.5) is 0 Å². The van der Waals surface area contributed by atoms with Crippen molar-refractivity contribution in [3.8, 4) is 0 Å². The predicted octanol–water partition coefficient (Wildman–Crippen LogP) is 9.87. The first-order valence-electron chi connectivity index (χ1n) is 18.0. The summed E-state index contributed by atoms with van der Waals surface area (Å²) >= 11 is 0. The Labute approximate surface area is 334 Å². The van der Waals surface area contributed by atoms with Crippen molar-refractivity contribution in [2.75, 3.05) is 0 Å². The topological polar surface area (TPSA) is 58.9 Å². The molecule has 0 aliphatic rings. The fourth-order valence-electron chi connectivity index (χ4n) is 7.47. The number of nitrogens with zero attached hydrogens (tertiary/aromatic N) is 5. The maximum Gasteiger partial charge on any atom is 2.00 e. The van der Waals surface area contributed by atoms with E-state index in [9.17, 15) is 0 Å². The first-order valence-corrected chi connectivity index (χ1v) is 18.0. The van der Waals surface area contributed by atoms with Crippen LogP contribution in [0.5, 0.6) is 0 Å². The summed E-state index contributed by atoms with van der Waals surface area (Å²) in [7, 11) is 2.19. The number of rotatable bonds is 8. The summed E-state index contributed by atoms with van der Waals surface area (Å²) in [4.78, 5) is 17.5. The second kappa shape index (κ2) is 18.5. The molecule has 0 aliphatic carbocycles. The summed E-state index contributed by atoms with van der Waals surface area (Å²) in [5, 5.41) is 0. The van der Waals surface area contributed by atoms with Crippen LogP contribution in [-0.4, -0.2) is 14.5 Å². The Morgan fingerprint density at radius 3 is 0.873 bits per heavy atom. The molecular formula is C49H41CrN5. The van der Waals surface area contributed by atoms with Gasteiger partial charge in [0.1, 0.15) is 0 Å². The van der Waals surface area contributed by atoms with Gasteiger partial charge in [-0.2, -0.15) is 12.4 Å². The van der Waals surface area contributed by atoms with Crippen LogP contribution >= 0.6 is 0 Å². The van der Waals surface area contributed by atoms with Crippen LogP contribution in [0.25, 0.3) is 0 Å². The van der Waals surface area contributed by atoms with Crippen molar-refractivity contribution in [3.05, 3.63) is 276 Å². The van der Waals surface area contributed by atoms with Crippen molar-refractivity contribution >= 4 is 0 Å². The van der Waals surface area contributed by atoms with E-state index in [1.807, 2.05) is 60.9 Å². The minimum absolute atomic E-state index is 0. The van der Waals surface area contributed by atoms with Crippen LogP contribution in [0.15, 0.2) is 231 Å². The number of aromatic nitrogens is 5. The normalized spacial score (nSPS) is 10.9. The van der Waals surface area contributed by atoms with Gasteiger partial charge in [0.15, 0.2) is 0 Å². The van der Waals surface area contributed by atoms with Crippen molar-refractivity contribution < 1.29 is 17.4 Å². The number of pyridine rings is 2. The summed E-state index contributed by atoms with van der Waals surface area (Å²) in [5.41, 5.74) is 7.63. The maximum atomic E-state index is 4.97. The van der Waals surface area contributed by atoms with Crippen molar-refractivity contribution in [3.63, 3.8) is 0 Å². The smallest absolute Gasteiger partial charge is 0.666 e. The van der Waals surface area contributed by atoms with E-state index >= 15 is 0 Å². The summed E-state index contributed by atoms with van der Waals surface area (Å²) in [6.07, 6.45) is 10.8. The molecule has 0 atom stereocenters. The van der Waals surface area contributed by atoms with E-state index in [2.05, 4.69) is 167 Å². The molecule has 0 aliphatic heterocycles. The van der Waals surface area contributed by atoms with Crippen LogP contribution < -0.4 is 9.97 Å². The van der Waals surface area contributed by atoms with Gasteiger partial charge in [0.2, 0.25) is 0 Å². The van der Waals surface area contributed by atoms with Crippen LogP contribution in [0.2, 0.25) is 0 Å². The van der Waals surface area contributed by atoms with Crippen molar-refractivity contribution in [2.45, 2.75) is 10.8 Å². The van der Waals surface area contributed by atoms with Gasteiger partial charge >= 0.3 is 17.4 Å². The van der Waals surface area contributed by atoms with Gasteiger partial charge in [-0.25, -0.2) is 0 Å². The van der Waals surface area contributed by atoms with Gasteiger partial charge in [0.05, 0.1) is 10.8 Å². The zero-order valence-corrected chi connectivity index (χ0v) is 31.9. The van der Waals surface area contributed by atoms with Gasteiger partial charge in [-0.05, 0) is 58.7 Å². The van der Waals surface area contributed by atoms with E-state index in [1.165, 1.54) is 22.3 Å². The molecule has 0 unspecified atom stereocenters. The van der Waals surface area contributed by atoms with Crippen LogP contribution in [-0.2, 0) is 35.2 Å². The van der Waals surface area contributed by atoms with Crippen LogP contribution in [0, 0.1) is 0 Å². The van der Waals surface area contributed by atoms with Gasteiger partial charge in [-0.1, -0.05) is 158 Å². The predicted molar refractivity (Wildman–Crippen MR) is 217 cm³/mol. The molecule has 0 N–H and O–H groups in total. The fraction of sp³-hybridized carbons (Fsp3) is 0.0612. The average molecular weight is 752 g/mol. The van der Waals surface area contributed by atoms with Crippen molar-refractivity contribution in [2.24, 2.45) is 7.05 Å². The number of hydrogen-bond donors (Lipinski definition) is 0. The fourth-order valence-corrected chi connectivity index (χ4v) is 7.47. The molecule has 5 heterocycles. The Bertz CT molecular complexity index is 2060. The zero-order valence-electron chi connectivity index (χ0n) is 30.6. The standard InChI is InChI=1S/C39H31N3.2C5H5N.Cr/c1-42-36(38(34-24-14-28-40-34,30-16-6-2-7-17-30)31-18-8-3-9-19-31)26-27-37(42)39(35-25-15-29-41-35,32-20-10-4-11-21-32)33-22-12-5-13-23-33;2*1-2-4-6-5-3-1;/h2-29H,1H3;2*1-5H;/q-2;;;+2. The van der Waals surface area contributed by atoms with E-state index in [-0.39, 0.29) is 17.4 Å². The molecule has 0 spiro atoms. The Hall–Kier alpha value is -6.45. The largest absolute Gasteiger partial charge is 2.00 e. The van der Waals surface area contributed by atoms with Crippen molar-refractivity contribution in [1.82, 2.24) is 24.5 Å². The molecule has 268 valence electrons. The first kappa shape index (κ1) is 38.3. The third kappa shape index (κ3) is 7.79. The quantitative estimate of drug-likeness (QED) is 0.155. The molecule has 0 saturated carbocycles. The second-order valence-electron chi connectivity index (χ2n) is 12.7. The molecule has 0 bridgehead atoms. The van der Waals surface area contributed by atoms with Gasteiger partial charge in [-0.15, -0.1) is 11.4 Å². The molecule has 0 fully saturated rings. The van der Waals surface area contributed by atoms with E-state index in [0.717, 1.165) is 22.8 Å². The Morgan fingerprint density at radius 1 is 0.364 bits per heavy atom. The average Bonchev–Trinajstić information content (AvgIpc) is 4.08. The first-order chi connectivity index (χ1) is 26.8. The summed E-state index contributed by atoms with van der Waals surface area (Å²) in [6.45, 7) is 0. The van der Waals surface area contributed by atoms with Gasteiger partial charge < -0.3 is 14.5 Å². The third-order valence-electron chi connectivity index (χ3n) is 9.73. The molecule has 6 heteroatoms.